The van der Waals surface area contributed by atoms with Crippen LogP contribution in [-0.2, 0) is 6.54 Å². The molecule has 1 aromatic carbocycles. The number of nitrogens with zero attached hydrogens (tertiary/aromatic N) is 2. The van der Waals surface area contributed by atoms with Gasteiger partial charge in [0.25, 0.3) is 0 Å². The highest BCUT2D eigenvalue weighted by Crippen LogP contribution is 2.24. The Morgan fingerprint density at radius 1 is 1.20 bits per heavy atom. The van der Waals surface area contributed by atoms with Gasteiger partial charge in [-0.15, -0.1) is 0 Å². The Bertz CT molecular complexity index is 662. The van der Waals surface area contributed by atoms with E-state index in [2.05, 4.69) is 21.3 Å². The van der Waals surface area contributed by atoms with Crippen LogP contribution >= 0.6 is 0 Å². The molecule has 1 aliphatic rings. The maximum absolute atomic E-state index is 12.2. The number of alkyl halides is 3. The quantitative estimate of drug-likeness (QED) is 0.898. The summed E-state index contributed by atoms with van der Waals surface area (Å²) in [5.74, 6) is 0.227. The Morgan fingerprint density at radius 3 is 2.68 bits per heavy atom. The van der Waals surface area contributed by atoms with Crippen LogP contribution in [0, 0.1) is 0 Å². The van der Waals surface area contributed by atoms with Gasteiger partial charge < -0.3 is 10.1 Å². The zero-order valence-corrected chi connectivity index (χ0v) is 13.7. The number of benzene rings is 1. The molecule has 2 heterocycles. The molecule has 2 aromatic rings. The predicted octanol–water partition coefficient (Wildman–Crippen LogP) is 3.17. The highest BCUT2D eigenvalue weighted by Gasteiger charge is 2.28. The van der Waals surface area contributed by atoms with Gasteiger partial charge in [-0.3, -0.25) is 9.88 Å². The second-order valence-corrected chi connectivity index (χ2v) is 6.02. The van der Waals surface area contributed by atoms with E-state index in [0.29, 0.717) is 0 Å². The molecule has 3 rings (SSSR count). The van der Waals surface area contributed by atoms with Crippen LogP contribution in [0.25, 0.3) is 0 Å². The number of hydrogen-bond donors (Lipinski definition) is 1. The topological polar surface area (TPSA) is 37.4 Å². The smallest absolute Gasteiger partial charge is 0.422 e. The SMILES string of the molecule is FC(F)(F)COc1ccc(CN2CCNCC2c2cccnc2)cc1. The van der Waals surface area contributed by atoms with E-state index in [1.807, 2.05) is 24.4 Å². The van der Waals surface area contributed by atoms with E-state index in [4.69, 9.17) is 4.74 Å². The molecule has 1 unspecified atom stereocenters. The molecule has 1 aliphatic heterocycles. The van der Waals surface area contributed by atoms with Crippen LogP contribution in [0.1, 0.15) is 17.2 Å². The molecule has 1 saturated heterocycles. The van der Waals surface area contributed by atoms with Crippen LogP contribution < -0.4 is 10.1 Å². The summed E-state index contributed by atoms with van der Waals surface area (Å²) in [4.78, 5) is 6.54. The largest absolute Gasteiger partial charge is 0.484 e. The fourth-order valence-corrected chi connectivity index (χ4v) is 2.93. The molecule has 1 atom stereocenters. The van der Waals surface area contributed by atoms with Crippen molar-refractivity contribution in [3.05, 3.63) is 59.9 Å². The van der Waals surface area contributed by atoms with Crippen LogP contribution in [0.15, 0.2) is 48.8 Å². The summed E-state index contributed by atoms with van der Waals surface area (Å²) in [5.41, 5.74) is 2.19. The molecule has 1 aromatic heterocycles. The highest BCUT2D eigenvalue weighted by atomic mass is 19.4. The molecular formula is C18H20F3N3O. The van der Waals surface area contributed by atoms with Gasteiger partial charge in [0, 0.05) is 44.6 Å². The maximum Gasteiger partial charge on any atom is 0.422 e. The highest BCUT2D eigenvalue weighted by molar-refractivity contribution is 5.27. The molecule has 7 heteroatoms. The van der Waals surface area contributed by atoms with Crippen LogP contribution in [0.2, 0.25) is 0 Å². The number of halogens is 3. The third-order valence-electron chi connectivity index (χ3n) is 4.13. The van der Waals surface area contributed by atoms with Crippen molar-refractivity contribution in [2.75, 3.05) is 26.2 Å². The summed E-state index contributed by atoms with van der Waals surface area (Å²) >= 11 is 0. The minimum Gasteiger partial charge on any atom is -0.484 e. The van der Waals surface area contributed by atoms with Gasteiger partial charge in [-0.2, -0.15) is 13.2 Å². The van der Waals surface area contributed by atoms with Gasteiger partial charge in [-0.1, -0.05) is 18.2 Å². The minimum atomic E-state index is -4.32. The molecule has 0 radical (unpaired) electrons. The van der Waals surface area contributed by atoms with Crippen LogP contribution in [0.5, 0.6) is 5.75 Å². The summed E-state index contributed by atoms with van der Waals surface area (Å²) in [6.07, 6.45) is -0.696. The fourth-order valence-electron chi connectivity index (χ4n) is 2.93. The lowest BCUT2D eigenvalue weighted by Crippen LogP contribution is -2.45. The zero-order chi connectivity index (χ0) is 17.7. The van der Waals surface area contributed by atoms with Gasteiger partial charge in [-0.25, -0.2) is 0 Å². The van der Waals surface area contributed by atoms with E-state index in [1.165, 1.54) is 0 Å². The van der Waals surface area contributed by atoms with E-state index in [1.54, 1.807) is 18.3 Å². The number of rotatable bonds is 5. The summed E-state index contributed by atoms with van der Waals surface area (Å²) in [7, 11) is 0. The number of nitrogens with one attached hydrogen (secondary N) is 1. The van der Waals surface area contributed by atoms with Crippen LogP contribution in [-0.4, -0.2) is 42.3 Å². The van der Waals surface area contributed by atoms with Crippen molar-refractivity contribution in [3.63, 3.8) is 0 Å². The lowest BCUT2D eigenvalue weighted by atomic mass is 10.0. The predicted molar refractivity (Wildman–Crippen MR) is 88.2 cm³/mol. The standard InChI is InChI=1S/C18H20F3N3O/c19-18(20,21)13-25-16-5-3-14(4-6-16)12-24-9-8-23-11-17(24)15-2-1-7-22-10-15/h1-7,10,17,23H,8-9,11-13H2. The van der Waals surface area contributed by atoms with Crippen molar-refractivity contribution in [1.29, 1.82) is 0 Å². The van der Waals surface area contributed by atoms with Crippen LogP contribution in [0.3, 0.4) is 0 Å². The molecule has 0 aliphatic carbocycles. The Hall–Kier alpha value is -2.12. The summed E-state index contributed by atoms with van der Waals surface area (Å²) < 4.78 is 41.3. The molecule has 25 heavy (non-hydrogen) atoms. The third kappa shape index (κ3) is 5.17. The summed E-state index contributed by atoms with van der Waals surface area (Å²) in [6, 6.07) is 11.0. The van der Waals surface area contributed by atoms with Crippen molar-refractivity contribution in [1.82, 2.24) is 15.2 Å². The fraction of sp³-hybridized carbons (Fsp3) is 0.389. The normalized spacial score (nSPS) is 18.9. The lowest BCUT2D eigenvalue weighted by molar-refractivity contribution is -0.153. The van der Waals surface area contributed by atoms with Crippen molar-refractivity contribution in [2.24, 2.45) is 0 Å². The molecule has 1 N–H and O–H groups in total. The number of piperazine rings is 1. The van der Waals surface area contributed by atoms with Crippen molar-refractivity contribution in [3.8, 4) is 5.75 Å². The average molecular weight is 351 g/mol. The van der Waals surface area contributed by atoms with Gasteiger partial charge in [0.05, 0.1) is 0 Å². The number of pyridine rings is 1. The first-order valence-corrected chi connectivity index (χ1v) is 8.14. The van der Waals surface area contributed by atoms with Gasteiger partial charge in [-0.05, 0) is 29.3 Å². The molecule has 1 fully saturated rings. The van der Waals surface area contributed by atoms with Gasteiger partial charge >= 0.3 is 6.18 Å². The summed E-state index contributed by atoms with van der Waals surface area (Å²) in [5, 5.41) is 3.39. The first-order valence-electron chi connectivity index (χ1n) is 8.14. The van der Waals surface area contributed by atoms with E-state index in [-0.39, 0.29) is 11.8 Å². The average Bonchev–Trinajstić information content (AvgIpc) is 2.62. The summed E-state index contributed by atoms with van der Waals surface area (Å²) in [6.45, 7) is 2.10. The molecule has 134 valence electrons. The minimum absolute atomic E-state index is 0.226. The van der Waals surface area contributed by atoms with Crippen molar-refractivity contribution in [2.45, 2.75) is 18.8 Å². The number of aromatic nitrogens is 1. The van der Waals surface area contributed by atoms with Gasteiger partial charge in [0.15, 0.2) is 6.61 Å². The molecule has 4 nitrogen and oxygen atoms in total. The molecular weight excluding hydrogens is 331 g/mol. The van der Waals surface area contributed by atoms with Crippen molar-refractivity contribution < 1.29 is 17.9 Å². The van der Waals surface area contributed by atoms with Gasteiger partial charge in [0.1, 0.15) is 5.75 Å². The first kappa shape index (κ1) is 17.7. The molecule has 0 spiro atoms. The van der Waals surface area contributed by atoms with E-state index in [0.717, 1.165) is 37.3 Å². The first-order chi connectivity index (χ1) is 12.0. The third-order valence-corrected chi connectivity index (χ3v) is 4.13. The molecule has 0 saturated carbocycles. The maximum atomic E-state index is 12.2. The monoisotopic (exact) mass is 351 g/mol. The Kier molecular flexibility index (Phi) is 5.55. The molecule has 0 bridgehead atoms. The Labute approximate surface area is 144 Å². The van der Waals surface area contributed by atoms with E-state index in [9.17, 15) is 13.2 Å². The number of ether oxygens (including phenoxy) is 1. The van der Waals surface area contributed by atoms with Gasteiger partial charge in [0.2, 0.25) is 0 Å². The second-order valence-electron chi connectivity index (χ2n) is 6.02. The molecule has 0 amide bonds. The second kappa shape index (κ2) is 7.84. The van der Waals surface area contributed by atoms with Crippen molar-refractivity contribution >= 4 is 0 Å². The van der Waals surface area contributed by atoms with E-state index >= 15 is 0 Å². The Morgan fingerprint density at radius 2 is 2.00 bits per heavy atom. The lowest BCUT2D eigenvalue weighted by Gasteiger charge is -2.36. The zero-order valence-electron chi connectivity index (χ0n) is 13.7. The van der Waals surface area contributed by atoms with E-state index < -0.39 is 12.8 Å². The number of hydrogen-bond acceptors (Lipinski definition) is 4. The van der Waals surface area contributed by atoms with Crippen LogP contribution in [0.4, 0.5) is 13.2 Å². The Balaban J connectivity index is 1.64.